The Morgan fingerprint density at radius 1 is 1.67 bits per heavy atom. The van der Waals surface area contributed by atoms with Gasteiger partial charge in [-0.15, -0.1) is 0 Å². The van der Waals surface area contributed by atoms with Crippen molar-refractivity contribution >= 4 is 17.3 Å². The van der Waals surface area contributed by atoms with Crippen LogP contribution in [-0.4, -0.2) is 51.4 Å². The van der Waals surface area contributed by atoms with Crippen molar-refractivity contribution in [2.45, 2.75) is 25.6 Å². The molecule has 0 aliphatic carbocycles. The van der Waals surface area contributed by atoms with Gasteiger partial charge in [-0.1, -0.05) is 0 Å². The number of hydrazine groups is 1. The lowest BCUT2D eigenvalue weighted by molar-refractivity contribution is -0.383. The Morgan fingerprint density at radius 3 is 2.95 bits per heavy atom. The number of aromatic nitrogens is 2. The number of ether oxygens (including phenoxy) is 1. The largest absolute Gasteiger partial charge is 0.394 e. The quantitative estimate of drug-likeness (QED) is 0.386. The third kappa shape index (κ3) is 3.17. The summed E-state index contributed by atoms with van der Waals surface area (Å²) >= 11 is 0. The van der Waals surface area contributed by atoms with E-state index in [1.54, 1.807) is 4.90 Å². The van der Waals surface area contributed by atoms with E-state index in [2.05, 4.69) is 15.4 Å². The summed E-state index contributed by atoms with van der Waals surface area (Å²) < 4.78 is 5.69. The highest BCUT2D eigenvalue weighted by molar-refractivity contribution is 5.70. The third-order valence-electron chi connectivity index (χ3n) is 3.11. The van der Waals surface area contributed by atoms with Gasteiger partial charge < -0.3 is 20.2 Å². The first-order valence-corrected chi connectivity index (χ1v) is 6.37. The Balaban J connectivity index is 2.43. The van der Waals surface area contributed by atoms with E-state index >= 15 is 0 Å². The van der Waals surface area contributed by atoms with Crippen LogP contribution in [0.1, 0.15) is 13.8 Å². The van der Waals surface area contributed by atoms with Gasteiger partial charge in [-0.05, 0) is 13.8 Å². The van der Waals surface area contributed by atoms with Crippen LogP contribution < -0.4 is 16.2 Å². The van der Waals surface area contributed by atoms with Crippen LogP contribution in [0.25, 0.3) is 0 Å². The zero-order valence-corrected chi connectivity index (χ0v) is 11.8. The minimum absolute atomic E-state index is 0.0603. The van der Waals surface area contributed by atoms with Gasteiger partial charge in [0.1, 0.15) is 6.33 Å². The van der Waals surface area contributed by atoms with Crippen molar-refractivity contribution < 1.29 is 14.8 Å². The van der Waals surface area contributed by atoms with Crippen molar-refractivity contribution in [1.82, 2.24) is 9.97 Å². The maximum Gasteiger partial charge on any atom is 0.354 e. The molecular weight excluding hydrogens is 280 g/mol. The normalized spacial score (nSPS) is 21.1. The van der Waals surface area contributed by atoms with Gasteiger partial charge in [0.05, 0.1) is 23.2 Å². The van der Waals surface area contributed by atoms with E-state index in [-0.39, 0.29) is 23.9 Å². The minimum Gasteiger partial charge on any atom is -0.394 e. The molecule has 1 aliphatic heterocycles. The molecule has 0 aromatic carbocycles. The second-order valence-electron chi connectivity index (χ2n) is 5.36. The number of aliphatic hydroxyl groups excluding tert-OH is 1. The lowest BCUT2D eigenvalue weighted by atomic mass is 10.1. The molecule has 1 unspecified atom stereocenters. The Bertz CT molecular complexity index is 537. The monoisotopic (exact) mass is 298 g/mol. The molecule has 0 amide bonds. The van der Waals surface area contributed by atoms with Crippen LogP contribution in [0.5, 0.6) is 0 Å². The average Bonchev–Trinajstić information content (AvgIpc) is 2.44. The van der Waals surface area contributed by atoms with Crippen molar-refractivity contribution in [3.63, 3.8) is 0 Å². The van der Waals surface area contributed by atoms with Crippen LogP contribution in [0.4, 0.5) is 17.3 Å². The molecule has 1 fully saturated rings. The summed E-state index contributed by atoms with van der Waals surface area (Å²) in [6.07, 6.45) is 0.756. The third-order valence-corrected chi connectivity index (χ3v) is 3.11. The van der Waals surface area contributed by atoms with Crippen molar-refractivity contribution in [2.75, 3.05) is 30.0 Å². The molecule has 21 heavy (non-hydrogen) atoms. The lowest BCUT2D eigenvalue weighted by Gasteiger charge is -2.42. The molecule has 2 heterocycles. The van der Waals surface area contributed by atoms with Gasteiger partial charge in [0.15, 0.2) is 0 Å². The summed E-state index contributed by atoms with van der Waals surface area (Å²) in [5.74, 6) is 5.36. The maximum absolute atomic E-state index is 11.3. The number of hydrogen-bond acceptors (Lipinski definition) is 9. The molecule has 10 heteroatoms. The minimum atomic E-state index is -0.582. The smallest absolute Gasteiger partial charge is 0.354 e. The zero-order valence-electron chi connectivity index (χ0n) is 11.8. The molecule has 0 bridgehead atoms. The Labute approximate surface area is 121 Å². The van der Waals surface area contributed by atoms with Gasteiger partial charge in [0.2, 0.25) is 11.6 Å². The first kappa shape index (κ1) is 15.4. The number of hydrogen-bond donors (Lipinski definition) is 3. The second kappa shape index (κ2) is 5.76. The van der Waals surface area contributed by atoms with Gasteiger partial charge >= 0.3 is 5.69 Å². The van der Waals surface area contributed by atoms with E-state index in [1.807, 2.05) is 13.8 Å². The van der Waals surface area contributed by atoms with Gasteiger partial charge in [-0.2, -0.15) is 0 Å². The molecule has 10 nitrogen and oxygen atoms in total. The van der Waals surface area contributed by atoms with Gasteiger partial charge in [0, 0.05) is 13.1 Å². The summed E-state index contributed by atoms with van der Waals surface area (Å²) in [5, 5.41) is 20.6. The number of nitrogens with one attached hydrogen (secondary N) is 1. The molecule has 1 atom stereocenters. The molecule has 0 saturated carbocycles. The topological polar surface area (TPSA) is 140 Å². The fourth-order valence-electron chi connectivity index (χ4n) is 2.43. The number of anilines is 2. The summed E-state index contributed by atoms with van der Waals surface area (Å²) in [5.41, 5.74) is 1.34. The van der Waals surface area contributed by atoms with Crippen LogP contribution in [0.3, 0.4) is 0 Å². The number of nitrogen functional groups attached to an aromatic ring is 1. The lowest BCUT2D eigenvalue weighted by Crippen LogP contribution is -2.54. The van der Waals surface area contributed by atoms with Crippen LogP contribution in [0.2, 0.25) is 0 Å². The molecule has 1 aromatic heterocycles. The van der Waals surface area contributed by atoms with Crippen LogP contribution in [0, 0.1) is 10.1 Å². The Hall–Kier alpha value is -2.04. The van der Waals surface area contributed by atoms with E-state index in [0.717, 1.165) is 0 Å². The van der Waals surface area contributed by atoms with Crippen LogP contribution in [0.15, 0.2) is 6.33 Å². The summed E-state index contributed by atoms with van der Waals surface area (Å²) in [6.45, 7) is 4.20. The summed E-state index contributed by atoms with van der Waals surface area (Å²) in [7, 11) is 0. The number of nitrogens with zero attached hydrogens (tertiary/aromatic N) is 4. The molecular formula is C11H18N6O4. The molecule has 116 valence electrons. The molecule has 1 aliphatic rings. The number of nitrogens with two attached hydrogens (primary N) is 1. The van der Waals surface area contributed by atoms with E-state index in [9.17, 15) is 15.2 Å². The van der Waals surface area contributed by atoms with Crippen LogP contribution >= 0.6 is 0 Å². The predicted octanol–water partition coefficient (Wildman–Crippen LogP) is -0.353. The fourth-order valence-corrected chi connectivity index (χ4v) is 2.43. The predicted molar refractivity (Wildman–Crippen MR) is 74.7 cm³/mol. The SMILES string of the molecule is CC1(C)CN(c2ncnc(NN)c2[N+](=O)[O-])CC(CO)O1. The molecule has 0 radical (unpaired) electrons. The second-order valence-corrected chi connectivity index (χ2v) is 5.36. The summed E-state index contributed by atoms with van der Waals surface area (Å²) in [4.78, 5) is 20.2. The number of morpholine rings is 1. The molecule has 1 aromatic rings. The van der Waals surface area contributed by atoms with Crippen molar-refractivity contribution in [1.29, 1.82) is 0 Å². The number of rotatable bonds is 4. The van der Waals surface area contributed by atoms with Gasteiger partial charge in [-0.25, -0.2) is 15.8 Å². The summed E-state index contributed by atoms with van der Waals surface area (Å²) in [6, 6.07) is 0. The highest BCUT2D eigenvalue weighted by Gasteiger charge is 2.37. The average molecular weight is 298 g/mol. The molecule has 4 N–H and O–H groups in total. The van der Waals surface area contributed by atoms with Gasteiger partial charge in [-0.3, -0.25) is 10.1 Å². The van der Waals surface area contributed by atoms with Crippen molar-refractivity contribution in [2.24, 2.45) is 5.84 Å². The van der Waals surface area contributed by atoms with Gasteiger partial charge in [0.25, 0.3) is 0 Å². The number of nitro groups is 1. The van der Waals surface area contributed by atoms with E-state index in [1.165, 1.54) is 6.33 Å². The Morgan fingerprint density at radius 2 is 2.38 bits per heavy atom. The Kier molecular flexibility index (Phi) is 4.21. The first-order valence-electron chi connectivity index (χ1n) is 6.37. The number of aliphatic hydroxyl groups is 1. The maximum atomic E-state index is 11.3. The zero-order chi connectivity index (χ0) is 15.6. The molecule has 0 spiro atoms. The first-order chi connectivity index (χ1) is 9.88. The van der Waals surface area contributed by atoms with Crippen molar-refractivity contribution in [3.8, 4) is 0 Å². The van der Waals surface area contributed by atoms with Crippen LogP contribution in [-0.2, 0) is 4.74 Å². The van der Waals surface area contributed by atoms with E-state index in [4.69, 9.17) is 10.6 Å². The van der Waals surface area contributed by atoms with Crippen molar-refractivity contribution in [3.05, 3.63) is 16.4 Å². The van der Waals surface area contributed by atoms with E-state index < -0.39 is 16.6 Å². The standard InChI is InChI=1S/C11H18N6O4/c1-11(2)5-16(3-7(4-18)21-11)10-8(17(19)20)9(15-12)13-6-14-10/h6-7,18H,3-5,12H2,1-2H3,(H,13,14,15). The molecule has 2 rings (SSSR count). The van der Waals surface area contributed by atoms with E-state index in [0.29, 0.717) is 13.1 Å². The highest BCUT2D eigenvalue weighted by atomic mass is 16.6. The molecule has 1 saturated heterocycles. The highest BCUT2D eigenvalue weighted by Crippen LogP contribution is 2.34. The fraction of sp³-hybridized carbons (Fsp3) is 0.636.